The largest absolute Gasteiger partial charge is 0.496 e. The van der Waals surface area contributed by atoms with Crippen molar-refractivity contribution in [3.8, 4) is 5.75 Å². The lowest BCUT2D eigenvalue weighted by molar-refractivity contribution is -0.384. The highest BCUT2D eigenvalue weighted by atomic mass is 16.6. The summed E-state index contributed by atoms with van der Waals surface area (Å²) >= 11 is 0. The van der Waals surface area contributed by atoms with Crippen LogP contribution in [0.15, 0.2) is 36.7 Å². The minimum absolute atomic E-state index is 0.0361. The first-order valence-corrected chi connectivity index (χ1v) is 8.92. The molecule has 0 aliphatic rings. The number of esters is 1. The number of fused-ring (bicyclic) bond motifs is 1. The number of benzene rings is 1. The number of nitro benzene ring substituents is 1. The molecule has 0 atom stereocenters. The fraction of sp³-hybridized carbons (Fsp3) is 0.263. The van der Waals surface area contributed by atoms with Crippen LogP contribution in [0.25, 0.3) is 11.0 Å². The van der Waals surface area contributed by atoms with Crippen molar-refractivity contribution >= 4 is 34.3 Å². The maximum atomic E-state index is 12.3. The number of methoxy groups -OCH3 is 1. The van der Waals surface area contributed by atoms with E-state index in [1.165, 1.54) is 31.5 Å². The van der Waals surface area contributed by atoms with Crippen molar-refractivity contribution in [2.75, 3.05) is 19.0 Å². The summed E-state index contributed by atoms with van der Waals surface area (Å²) in [5.41, 5.74) is 0.414. The van der Waals surface area contributed by atoms with Crippen LogP contribution in [0.2, 0.25) is 0 Å². The van der Waals surface area contributed by atoms with Crippen LogP contribution in [-0.4, -0.2) is 45.3 Å². The molecule has 0 unspecified atom stereocenters. The van der Waals surface area contributed by atoms with Crippen LogP contribution in [0, 0.1) is 10.1 Å². The number of aromatic nitrogens is 3. The Kier molecular flexibility index (Phi) is 5.90. The Labute approximate surface area is 170 Å². The monoisotopic (exact) mass is 413 g/mol. The summed E-state index contributed by atoms with van der Waals surface area (Å²) in [6.07, 6.45) is 2.94. The third-order valence-electron chi connectivity index (χ3n) is 4.17. The first-order chi connectivity index (χ1) is 14.3. The van der Waals surface area contributed by atoms with E-state index < -0.39 is 23.4 Å². The van der Waals surface area contributed by atoms with Gasteiger partial charge in [-0.1, -0.05) is 0 Å². The second kappa shape index (κ2) is 8.55. The topological polar surface area (TPSA) is 138 Å². The molecule has 0 aliphatic carbocycles. The molecule has 0 radical (unpaired) electrons. The number of carbonyl (C=O) groups excluding carboxylic acids is 2. The van der Waals surface area contributed by atoms with Crippen molar-refractivity contribution in [2.45, 2.75) is 19.9 Å². The molecule has 0 saturated heterocycles. The van der Waals surface area contributed by atoms with Gasteiger partial charge in [-0.05, 0) is 32.0 Å². The van der Waals surface area contributed by atoms with Crippen LogP contribution in [0.5, 0.6) is 5.75 Å². The smallest absolute Gasteiger partial charge is 0.340 e. The first kappa shape index (κ1) is 20.7. The fourth-order valence-electron chi connectivity index (χ4n) is 2.73. The molecule has 0 saturated carbocycles. The summed E-state index contributed by atoms with van der Waals surface area (Å²) < 4.78 is 11.7. The van der Waals surface area contributed by atoms with E-state index in [1.807, 2.05) is 13.8 Å². The molecule has 0 fully saturated rings. The number of hydrogen-bond donors (Lipinski definition) is 1. The average Bonchev–Trinajstić information content (AvgIpc) is 3.15. The van der Waals surface area contributed by atoms with Gasteiger partial charge in [0.15, 0.2) is 12.3 Å². The summed E-state index contributed by atoms with van der Waals surface area (Å²) in [4.78, 5) is 39.1. The molecule has 0 bridgehead atoms. The minimum Gasteiger partial charge on any atom is -0.496 e. The predicted molar refractivity (Wildman–Crippen MR) is 106 cm³/mol. The molecule has 0 spiro atoms. The highest BCUT2D eigenvalue weighted by Gasteiger charge is 2.19. The van der Waals surface area contributed by atoms with Gasteiger partial charge in [-0.15, -0.1) is 0 Å². The number of anilines is 1. The van der Waals surface area contributed by atoms with E-state index in [2.05, 4.69) is 15.4 Å². The molecule has 30 heavy (non-hydrogen) atoms. The van der Waals surface area contributed by atoms with Crippen molar-refractivity contribution in [2.24, 2.45) is 0 Å². The zero-order valence-electron chi connectivity index (χ0n) is 16.5. The Balaban J connectivity index is 1.66. The minimum atomic E-state index is -0.749. The van der Waals surface area contributed by atoms with Crippen LogP contribution in [0.4, 0.5) is 11.4 Å². The Bertz CT molecular complexity index is 1120. The number of ether oxygens (including phenoxy) is 2. The van der Waals surface area contributed by atoms with Crippen LogP contribution in [0.3, 0.4) is 0 Å². The molecule has 11 heteroatoms. The summed E-state index contributed by atoms with van der Waals surface area (Å²) in [5.74, 6) is -1.20. The molecule has 3 aromatic rings. The van der Waals surface area contributed by atoms with Gasteiger partial charge in [-0.2, -0.15) is 5.10 Å². The number of nitrogens with zero attached hydrogens (tertiary/aromatic N) is 4. The lowest BCUT2D eigenvalue weighted by atomic mass is 10.2. The molecule has 3 rings (SSSR count). The number of rotatable bonds is 7. The number of nitro groups is 1. The van der Waals surface area contributed by atoms with Gasteiger partial charge in [0.25, 0.3) is 11.6 Å². The SMILES string of the molecule is COc1ccc(NC(=O)COC(=O)c2cnc3c(cnn3C(C)C)c2)c([N+](=O)[O-])c1. The van der Waals surface area contributed by atoms with E-state index in [1.54, 1.807) is 16.9 Å². The van der Waals surface area contributed by atoms with Crippen molar-refractivity contribution in [1.29, 1.82) is 0 Å². The van der Waals surface area contributed by atoms with Crippen LogP contribution in [0.1, 0.15) is 30.2 Å². The Morgan fingerprint density at radius 3 is 2.70 bits per heavy atom. The van der Waals surface area contributed by atoms with Crippen molar-refractivity contribution < 1.29 is 24.0 Å². The lowest BCUT2D eigenvalue weighted by Crippen LogP contribution is -2.21. The van der Waals surface area contributed by atoms with Crippen molar-refractivity contribution in [1.82, 2.24) is 14.8 Å². The molecule has 11 nitrogen and oxygen atoms in total. The summed E-state index contributed by atoms with van der Waals surface area (Å²) in [6.45, 7) is 3.30. The number of pyridine rings is 1. The molecule has 2 aromatic heterocycles. The number of nitrogens with one attached hydrogen (secondary N) is 1. The quantitative estimate of drug-likeness (QED) is 0.354. The van der Waals surface area contributed by atoms with Crippen molar-refractivity contribution in [3.63, 3.8) is 0 Å². The Morgan fingerprint density at radius 2 is 2.03 bits per heavy atom. The van der Waals surface area contributed by atoms with Gasteiger partial charge in [-0.25, -0.2) is 14.5 Å². The van der Waals surface area contributed by atoms with E-state index in [9.17, 15) is 19.7 Å². The van der Waals surface area contributed by atoms with E-state index in [0.29, 0.717) is 11.0 Å². The zero-order valence-corrected chi connectivity index (χ0v) is 16.5. The maximum Gasteiger partial charge on any atom is 0.340 e. The van der Waals surface area contributed by atoms with Crippen LogP contribution >= 0.6 is 0 Å². The molecule has 2 heterocycles. The van der Waals surface area contributed by atoms with Crippen LogP contribution < -0.4 is 10.1 Å². The van der Waals surface area contributed by atoms with E-state index in [4.69, 9.17) is 9.47 Å². The Hall–Kier alpha value is -4.02. The average molecular weight is 413 g/mol. The zero-order chi connectivity index (χ0) is 21.8. The first-order valence-electron chi connectivity index (χ1n) is 8.92. The van der Waals surface area contributed by atoms with Crippen molar-refractivity contribution in [3.05, 3.63) is 52.3 Å². The normalized spacial score (nSPS) is 10.8. The number of amides is 1. The van der Waals surface area contributed by atoms with Gasteiger partial charge >= 0.3 is 5.97 Å². The highest BCUT2D eigenvalue weighted by Crippen LogP contribution is 2.28. The standard InChI is InChI=1S/C19H19N5O6/c1-11(2)23-18-12(9-21-23)6-13(8-20-18)19(26)30-10-17(25)22-15-5-4-14(29-3)7-16(15)24(27)28/h4-9,11H,10H2,1-3H3,(H,22,25). The van der Waals surface area contributed by atoms with Gasteiger partial charge in [0.05, 0.1) is 29.9 Å². The molecule has 1 amide bonds. The molecular weight excluding hydrogens is 394 g/mol. The molecule has 1 N–H and O–H groups in total. The van der Waals surface area contributed by atoms with E-state index >= 15 is 0 Å². The third kappa shape index (κ3) is 4.35. The predicted octanol–water partition coefficient (Wildman–Crippen LogP) is 2.72. The molecule has 0 aliphatic heterocycles. The van der Waals surface area contributed by atoms with Gasteiger partial charge in [0.2, 0.25) is 0 Å². The third-order valence-corrected chi connectivity index (χ3v) is 4.17. The second-order valence-corrected chi connectivity index (χ2v) is 6.58. The summed E-state index contributed by atoms with van der Waals surface area (Å²) in [7, 11) is 1.37. The lowest BCUT2D eigenvalue weighted by Gasteiger charge is -2.09. The van der Waals surface area contributed by atoms with Gasteiger partial charge < -0.3 is 14.8 Å². The summed E-state index contributed by atoms with van der Waals surface area (Å²) in [5, 5.41) is 18.4. The number of carbonyl (C=O) groups is 2. The van der Waals surface area contributed by atoms with E-state index in [-0.39, 0.29) is 28.7 Å². The Morgan fingerprint density at radius 1 is 1.27 bits per heavy atom. The maximum absolute atomic E-state index is 12.3. The van der Waals surface area contributed by atoms with Gasteiger partial charge in [0, 0.05) is 17.6 Å². The summed E-state index contributed by atoms with van der Waals surface area (Å²) in [6, 6.07) is 5.66. The molecule has 1 aromatic carbocycles. The second-order valence-electron chi connectivity index (χ2n) is 6.58. The molecule has 156 valence electrons. The fourth-order valence-corrected chi connectivity index (χ4v) is 2.73. The highest BCUT2D eigenvalue weighted by molar-refractivity contribution is 5.97. The van der Waals surface area contributed by atoms with Gasteiger partial charge in [0.1, 0.15) is 11.4 Å². The van der Waals surface area contributed by atoms with Crippen LogP contribution in [-0.2, 0) is 9.53 Å². The molecular formula is C19H19N5O6. The van der Waals surface area contributed by atoms with Gasteiger partial charge in [-0.3, -0.25) is 14.9 Å². The van der Waals surface area contributed by atoms with E-state index in [0.717, 1.165) is 0 Å². The number of hydrogen-bond acceptors (Lipinski definition) is 8.